The Morgan fingerprint density at radius 3 is 2.61 bits per heavy atom. The monoisotopic (exact) mass is 477 g/mol. The number of fused-ring (bicyclic) bond motifs is 1. The van der Waals surface area contributed by atoms with E-state index >= 15 is 0 Å². The zero-order chi connectivity index (χ0) is 24.3. The van der Waals surface area contributed by atoms with E-state index < -0.39 is 0 Å². The maximum atomic E-state index is 13.1. The van der Waals surface area contributed by atoms with Crippen LogP contribution < -0.4 is 5.32 Å². The van der Waals surface area contributed by atoms with Crippen LogP contribution in [-0.2, 0) is 6.54 Å². The number of H-pyrrole nitrogens is 2. The minimum atomic E-state index is -0.0412. The van der Waals surface area contributed by atoms with Crippen LogP contribution in [0.4, 0.5) is 0 Å². The summed E-state index contributed by atoms with van der Waals surface area (Å²) in [4.78, 5) is 19.8. The lowest BCUT2D eigenvalue weighted by Crippen LogP contribution is -2.44. The first-order valence-electron chi connectivity index (χ1n) is 12.2. The van der Waals surface area contributed by atoms with Gasteiger partial charge in [-0.1, -0.05) is 42.5 Å². The van der Waals surface area contributed by atoms with Crippen molar-refractivity contribution in [3.63, 3.8) is 0 Å². The van der Waals surface area contributed by atoms with Gasteiger partial charge in [-0.25, -0.2) is 4.98 Å². The molecule has 3 N–H and O–H groups in total. The molecule has 5 aromatic rings. The van der Waals surface area contributed by atoms with Gasteiger partial charge in [0.05, 0.1) is 11.2 Å². The maximum absolute atomic E-state index is 13.1. The van der Waals surface area contributed by atoms with Gasteiger partial charge in [0.15, 0.2) is 5.82 Å². The average Bonchev–Trinajstić information content (AvgIpc) is 3.61. The Kier molecular flexibility index (Phi) is 6.01. The van der Waals surface area contributed by atoms with Gasteiger partial charge in [0.25, 0.3) is 5.91 Å². The van der Waals surface area contributed by atoms with Crippen molar-refractivity contribution in [2.45, 2.75) is 25.4 Å². The molecule has 0 spiro atoms. The molecule has 8 heteroatoms. The zero-order valence-corrected chi connectivity index (χ0v) is 19.8. The van der Waals surface area contributed by atoms with E-state index in [0.717, 1.165) is 60.2 Å². The number of rotatable bonds is 6. The number of aromatic nitrogens is 5. The van der Waals surface area contributed by atoms with Gasteiger partial charge >= 0.3 is 0 Å². The van der Waals surface area contributed by atoms with Gasteiger partial charge in [-0.05, 0) is 48.7 Å². The number of hydrogen-bond donors (Lipinski definition) is 3. The number of carbonyl (C=O) groups is 1. The molecule has 0 bridgehead atoms. The molecule has 1 amide bonds. The Balaban J connectivity index is 1.14. The highest BCUT2D eigenvalue weighted by Gasteiger charge is 2.21. The van der Waals surface area contributed by atoms with Crippen LogP contribution >= 0.6 is 0 Å². The predicted molar refractivity (Wildman–Crippen MR) is 139 cm³/mol. The van der Waals surface area contributed by atoms with Crippen molar-refractivity contribution in [2.75, 3.05) is 13.1 Å². The molecule has 0 unspecified atom stereocenters. The molecule has 1 fully saturated rings. The summed E-state index contributed by atoms with van der Waals surface area (Å²) >= 11 is 0. The fourth-order valence-corrected chi connectivity index (χ4v) is 4.88. The molecule has 0 atom stereocenters. The summed E-state index contributed by atoms with van der Waals surface area (Å²) in [5.74, 6) is 0.660. The van der Waals surface area contributed by atoms with Gasteiger partial charge in [-0.3, -0.25) is 19.9 Å². The quantitative estimate of drug-likeness (QED) is 0.336. The van der Waals surface area contributed by atoms with Crippen molar-refractivity contribution in [3.8, 4) is 22.6 Å². The van der Waals surface area contributed by atoms with Crippen LogP contribution in [0.15, 0.2) is 79.1 Å². The molecule has 6 rings (SSSR count). The van der Waals surface area contributed by atoms with E-state index in [1.165, 1.54) is 11.9 Å². The molecule has 180 valence electrons. The Bertz CT molecular complexity index is 1470. The van der Waals surface area contributed by atoms with E-state index in [0.29, 0.717) is 11.4 Å². The van der Waals surface area contributed by atoms with Gasteiger partial charge in [-0.2, -0.15) is 10.2 Å². The summed E-state index contributed by atoms with van der Waals surface area (Å²) in [6.45, 7) is 2.92. The summed E-state index contributed by atoms with van der Waals surface area (Å²) < 4.78 is 0. The summed E-state index contributed by atoms with van der Waals surface area (Å²) in [7, 11) is 0. The molecule has 1 aliphatic heterocycles. The molecule has 36 heavy (non-hydrogen) atoms. The van der Waals surface area contributed by atoms with Gasteiger partial charge in [0.2, 0.25) is 0 Å². The standard InChI is InChI=1S/C28H27N7O/c36-28(31-23-11-13-35(14-12-23)17-19-5-2-1-3-6-19)22-8-4-7-20(15-22)26-24-16-21(27-29-18-30-34-27)9-10-25(24)32-33-26/h1-10,15-16,18,23H,11-14,17H2,(H,31,36)(H,32,33)(H,29,30,34). The van der Waals surface area contributed by atoms with E-state index in [1.54, 1.807) is 0 Å². The van der Waals surface area contributed by atoms with Gasteiger partial charge in [-0.15, -0.1) is 0 Å². The highest BCUT2D eigenvalue weighted by atomic mass is 16.1. The number of nitrogens with one attached hydrogen (secondary N) is 3. The SMILES string of the molecule is O=C(NC1CCN(Cc2ccccc2)CC1)c1cccc(-c2n[nH]c3ccc(-c4ncn[nH]4)cc23)c1. The number of hydrogen-bond acceptors (Lipinski definition) is 5. The molecular formula is C28H27N7O. The van der Waals surface area contributed by atoms with Crippen LogP contribution in [0, 0.1) is 0 Å². The second-order valence-corrected chi connectivity index (χ2v) is 9.26. The average molecular weight is 478 g/mol. The largest absolute Gasteiger partial charge is 0.349 e. The number of likely N-dealkylation sites (tertiary alicyclic amines) is 1. The first-order valence-corrected chi connectivity index (χ1v) is 12.2. The number of aromatic amines is 2. The van der Waals surface area contributed by atoms with Crippen molar-refractivity contribution >= 4 is 16.8 Å². The third-order valence-corrected chi connectivity index (χ3v) is 6.82. The van der Waals surface area contributed by atoms with E-state index in [1.807, 2.05) is 48.5 Å². The second kappa shape index (κ2) is 9.75. The maximum Gasteiger partial charge on any atom is 0.251 e. The molecule has 1 saturated heterocycles. The number of benzene rings is 3. The van der Waals surface area contributed by atoms with Crippen molar-refractivity contribution in [1.82, 2.24) is 35.6 Å². The van der Waals surface area contributed by atoms with Crippen LogP contribution in [-0.4, -0.2) is 55.3 Å². The van der Waals surface area contributed by atoms with Crippen LogP contribution in [0.25, 0.3) is 33.5 Å². The topological polar surface area (TPSA) is 103 Å². The van der Waals surface area contributed by atoms with Crippen LogP contribution in [0.2, 0.25) is 0 Å². The molecule has 0 saturated carbocycles. The third-order valence-electron chi connectivity index (χ3n) is 6.82. The fraction of sp³-hybridized carbons (Fsp3) is 0.214. The molecular weight excluding hydrogens is 450 g/mol. The molecule has 2 aromatic heterocycles. The molecule has 3 aromatic carbocycles. The van der Waals surface area contributed by atoms with Gasteiger partial charge in [0.1, 0.15) is 6.33 Å². The molecule has 1 aliphatic rings. The third kappa shape index (κ3) is 4.63. The minimum absolute atomic E-state index is 0.0412. The Morgan fingerprint density at radius 1 is 0.944 bits per heavy atom. The van der Waals surface area contributed by atoms with Crippen molar-refractivity contribution in [2.24, 2.45) is 0 Å². The summed E-state index contributed by atoms with van der Waals surface area (Å²) in [6.07, 6.45) is 3.39. The molecule has 3 heterocycles. The lowest BCUT2D eigenvalue weighted by atomic mass is 10.0. The molecule has 0 aliphatic carbocycles. The smallest absolute Gasteiger partial charge is 0.251 e. The molecule has 0 radical (unpaired) electrons. The van der Waals surface area contributed by atoms with Crippen molar-refractivity contribution in [1.29, 1.82) is 0 Å². The van der Waals surface area contributed by atoms with Crippen molar-refractivity contribution < 1.29 is 4.79 Å². The van der Waals surface area contributed by atoms with Crippen LogP contribution in [0.1, 0.15) is 28.8 Å². The summed E-state index contributed by atoms with van der Waals surface area (Å²) in [5.41, 5.74) is 5.51. The van der Waals surface area contributed by atoms with Gasteiger partial charge in [0, 0.05) is 47.8 Å². The van der Waals surface area contributed by atoms with E-state index in [-0.39, 0.29) is 11.9 Å². The lowest BCUT2D eigenvalue weighted by molar-refractivity contribution is 0.0909. The highest BCUT2D eigenvalue weighted by Crippen LogP contribution is 2.30. The van der Waals surface area contributed by atoms with Gasteiger partial charge < -0.3 is 5.32 Å². The lowest BCUT2D eigenvalue weighted by Gasteiger charge is -2.32. The first kappa shape index (κ1) is 22.2. The first-order chi connectivity index (χ1) is 17.7. The van der Waals surface area contributed by atoms with E-state index in [9.17, 15) is 4.79 Å². The zero-order valence-electron chi connectivity index (χ0n) is 19.8. The fourth-order valence-electron chi connectivity index (χ4n) is 4.88. The molecule has 8 nitrogen and oxygen atoms in total. The van der Waals surface area contributed by atoms with E-state index in [4.69, 9.17) is 0 Å². The van der Waals surface area contributed by atoms with Crippen LogP contribution in [0.5, 0.6) is 0 Å². The Labute approximate surface area is 208 Å². The second-order valence-electron chi connectivity index (χ2n) is 9.26. The summed E-state index contributed by atoms with van der Waals surface area (Å²) in [5, 5.41) is 18.7. The number of piperidine rings is 1. The van der Waals surface area contributed by atoms with Crippen LogP contribution in [0.3, 0.4) is 0 Å². The number of carbonyl (C=O) groups excluding carboxylic acids is 1. The summed E-state index contributed by atoms with van der Waals surface area (Å²) in [6, 6.07) is 24.4. The number of amides is 1. The van der Waals surface area contributed by atoms with Crippen molar-refractivity contribution in [3.05, 3.63) is 90.3 Å². The normalized spacial score (nSPS) is 14.8. The Morgan fingerprint density at radius 2 is 1.81 bits per heavy atom. The van der Waals surface area contributed by atoms with E-state index in [2.05, 4.69) is 59.9 Å². The minimum Gasteiger partial charge on any atom is -0.349 e. The predicted octanol–water partition coefficient (Wildman–Crippen LogP) is 4.41. The highest BCUT2D eigenvalue weighted by molar-refractivity contribution is 5.99. The Hall–Kier alpha value is -4.30. The number of nitrogens with zero attached hydrogens (tertiary/aromatic N) is 4.